The van der Waals surface area contributed by atoms with Gasteiger partial charge in [-0.2, -0.15) is 0 Å². The summed E-state index contributed by atoms with van der Waals surface area (Å²) < 4.78 is 0. The van der Waals surface area contributed by atoms with E-state index >= 15 is 0 Å². The molecule has 0 aromatic heterocycles. The highest BCUT2D eigenvalue weighted by molar-refractivity contribution is 6.34. The molecule has 0 bridgehead atoms. The first kappa shape index (κ1) is 16.2. The standard InChI is InChI=1S/C17H17ClN2O2/c1-11(19)15(21)10-12-6-5-9-14(18)16(12)17(22)20-13-7-3-2-4-8-13/h2-9,11H,10,19H2,1H3,(H,20,22). The average molecular weight is 317 g/mol. The third-order valence-corrected chi connectivity index (χ3v) is 3.55. The van der Waals surface area contributed by atoms with Crippen molar-refractivity contribution >= 4 is 29.0 Å². The minimum absolute atomic E-state index is 0.0791. The van der Waals surface area contributed by atoms with Crippen LogP contribution in [0.3, 0.4) is 0 Å². The topological polar surface area (TPSA) is 72.2 Å². The van der Waals surface area contributed by atoms with Gasteiger partial charge in [0.15, 0.2) is 5.78 Å². The van der Waals surface area contributed by atoms with Crippen molar-refractivity contribution in [2.24, 2.45) is 5.73 Å². The first-order chi connectivity index (χ1) is 10.5. The molecule has 22 heavy (non-hydrogen) atoms. The van der Waals surface area contributed by atoms with Crippen LogP contribution in [0.15, 0.2) is 48.5 Å². The third kappa shape index (κ3) is 3.93. The Hall–Kier alpha value is -2.17. The molecule has 1 atom stereocenters. The first-order valence-electron chi connectivity index (χ1n) is 6.91. The molecule has 0 aliphatic carbocycles. The predicted molar refractivity (Wildman–Crippen MR) is 88.2 cm³/mol. The Balaban J connectivity index is 2.29. The fraction of sp³-hybridized carbons (Fsp3) is 0.176. The molecular weight excluding hydrogens is 300 g/mol. The third-order valence-electron chi connectivity index (χ3n) is 3.23. The number of amides is 1. The molecule has 0 spiro atoms. The number of carbonyl (C=O) groups is 2. The normalized spacial score (nSPS) is 11.8. The summed E-state index contributed by atoms with van der Waals surface area (Å²) in [4.78, 5) is 24.3. The summed E-state index contributed by atoms with van der Waals surface area (Å²) in [6.45, 7) is 1.62. The van der Waals surface area contributed by atoms with Crippen molar-refractivity contribution in [3.05, 3.63) is 64.7 Å². The Morgan fingerprint density at radius 1 is 1.14 bits per heavy atom. The van der Waals surface area contributed by atoms with Gasteiger partial charge < -0.3 is 11.1 Å². The summed E-state index contributed by atoms with van der Waals surface area (Å²) in [5.74, 6) is -0.486. The molecule has 1 unspecified atom stereocenters. The molecule has 4 nitrogen and oxygen atoms in total. The molecule has 0 saturated carbocycles. The zero-order chi connectivity index (χ0) is 16.1. The summed E-state index contributed by atoms with van der Waals surface area (Å²) in [6, 6.07) is 13.5. The van der Waals surface area contributed by atoms with Crippen LogP contribution in [0.25, 0.3) is 0 Å². The second-order valence-corrected chi connectivity index (χ2v) is 5.43. The first-order valence-corrected chi connectivity index (χ1v) is 7.29. The molecule has 0 saturated heterocycles. The largest absolute Gasteiger partial charge is 0.322 e. The number of Topliss-reactive ketones (excluding diaryl/α,β-unsaturated/α-hetero) is 1. The van der Waals surface area contributed by atoms with Crippen LogP contribution in [-0.4, -0.2) is 17.7 Å². The van der Waals surface area contributed by atoms with E-state index in [-0.39, 0.29) is 18.1 Å². The highest BCUT2D eigenvalue weighted by Gasteiger charge is 2.19. The number of hydrogen-bond acceptors (Lipinski definition) is 3. The zero-order valence-corrected chi connectivity index (χ0v) is 12.9. The van der Waals surface area contributed by atoms with E-state index in [9.17, 15) is 9.59 Å². The summed E-state index contributed by atoms with van der Waals surface area (Å²) >= 11 is 6.15. The van der Waals surface area contributed by atoms with Crippen LogP contribution in [-0.2, 0) is 11.2 Å². The van der Waals surface area contributed by atoms with E-state index in [2.05, 4.69) is 5.32 Å². The highest BCUT2D eigenvalue weighted by Crippen LogP contribution is 2.22. The fourth-order valence-corrected chi connectivity index (χ4v) is 2.31. The van der Waals surface area contributed by atoms with Crippen LogP contribution in [0.2, 0.25) is 5.02 Å². The lowest BCUT2D eigenvalue weighted by atomic mass is 9.99. The number of anilines is 1. The van der Waals surface area contributed by atoms with Gasteiger partial charge in [-0.05, 0) is 30.7 Å². The molecular formula is C17H17ClN2O2. The number of hydrogen-bond donors (Lipinski definition) is 2. The van der Waals surface area contributed by atoms with Gasteiger partial charge in [-0.15, -0.1) is 0 Å². The number of para-hydroxylation sites is 1. The van der Waals surface area contributed by atoms with Gasteiger partial charge in [-0.3, -0.25) is 9.59 Å². The Morgan fingerprint density at radius 3 is 2.45 bits per heavy atom. The van der Waals surface area contributed by atoms with Crippen molar-refractivity contribution in [2.75, 3.05) is 5.32 Å². The quantitative estimate of drug-likeness (QED) is 0.890. The maximum atomic E-state index is 12.5. The zero-order valence-electron chi connectivity index (χ0n) is 12.2. The summed E-state index contributed by atoms with van der Waals surface area (Å²) in [5.41, 5.74) is 7.13. The second-order valence-electron chi connectivity index (χ2n) is 5.03. The van der Waals surface area contributed by atoms with E-state index in [1.807, 2.05) is 18.2 Å². The van der Waals surface area contributed by atoms with Crippen molar-refractivity contribution in [3.8, 4) is 0 Å². The number of nitrogens with two attached hydrogens (primary N) is 1. The van der Waals surface area contributed by atoms with Crippen LogP contribution in [0.1, 0.15) is 22.8 Å². The van der Waals surface area contributed by atoms with Gasteiger partial charge in [0.2, 0.25) is 0 Å². The fourth-order valence-electron chi connectivity index (χ4n) is 2.03. The summed E-state index contributed by atoms with van der Waals surface area (Å²) in [7, 11) is 0. The van der Waals surface area contributed by atoms with E-state index in [1.54, 1.807) is 37.3 Å². The molecule has 5 heteroatoms. The van der Waals surface area contributed by atoms with E-state index in [4.69, 9.17) is 17.3 Å². The van der Waals surface area contributed by atoms with Crippen LogP contribution in [0.4, 0.5) is 5.69 Å². The van der Waals surface area contributed by atoms with Crippen molar-refractivity contribution in [1.82, 2.24) is 0 Å². The molecule has 3 N–H and O–H groups in total. The maximum absolute atomic E-state index is 12.5. The molecule has 0 aliphatic heterocycles. The van der Waals surface area contributed by atoms with Gasteiger partial charge in [-0.1, -0.05) is 41.9 Å². The van der Waals surface area contributed by atoms with Crippen molar-refractivity contribution in [3.63, 3.8) is 0 Å². The molecule has 0 fully saturated rings. The number of rotatable bonds is 5. The van der Waals surface area contributed by atoms with Gasteiger partial charge in [0.05, 0.1) is 16.6 Å². The smallest absolute Gasteiger partial charge is 0.257 e. The monoisotopic (exact) mass is 316 g/mol. The number of nitrogens with one attached hydrogen (secondary N) is 1. The summed E-state index contributed by atoms with van der Waals surface area (Å²) in [5, 5.41) is 3.08. The van der Waals surface area contributed by atoms with E-state index in [0.717, 1.165) is 0 Å². The lowest BCUT2D eigenvalue weighted by Gasteiger charge is -2.12. The van der Waals surface area contributed by atoms with E-state index in [1.165, 1.54) is 0 Å². The van der Waals surface area contributed by atoms with E-state index in [0.29, 0.717) is 21.8 Å². The van der Waals surface area contributed by atoms with Crippen LogP contribution in [0.5, 0.6) is 0 Å². The molecule has 1 amide bonds. The van der Waals surface area contributed by atoms with Crippen molar-refractivity contribution in [2.45, 2.75) is 19.4 Å². The Kier molecular flexibility index (Phi) is 5.31. The predicted octanol–water partition coefficient (Wildman–Crippen LogP) is 3.05. The van der Waals surface area contributed by atoms with Gasteiger partial charge in [-0.25, -0.2) is 0 Å². The molecule has 2 aromatic carbocycles. The van der Waals surface area contributed by atoms with Gasteiger partial charge in [0.1, 0.15) is 0 Å². The SMILES string of the molecule is CC(N)C(=O)Cc1cccc(Cl)c1C(=O)Nc1ccccc1. The van der Waals surface area contributed by atoms with Crippen LogP contribution >= 0.6 is 11.6 Å². The molecule has 114 valence electrons. The van der Waals surface area contributed by atoms with E-state index < -0.39 is 6.04 Å². The Bertz CT molecular complexity index is 684. The number of benzene rings is 2. The lowest BCUT2D eigenvalue weighted by Crippen LogP contribution is -2.29. The Labute approximate surface area is 134 Å². The maximum Gasteiger partial charge on any atom is 0.257 e. The minimum Gasteiger partial charge on any atom is -0.322 e. The molecule has 0 aliphatic rings. The lowest BCUT2D eigenvalue weighted by molar-refractivity contribution is -0.119. The molecule has 2 aromatic rings. The van der Waals surface area contributed by atoms with Gasteiger partial charge >= 0.3 is 0 Å². The number of carbonyl (C=O) groups excluding carboxylic acids is 2. The molecule has 2 rings (SSSR count). The Morgan fingerprint density at radius 2 is 1.82 bits per heavy atom. The second kappa shape index (κ2) is 7.20. The average Bonchev–Trinajstić information content (AvgIpc) is 2.48. The minimum atomic E-state index is -0.580. The van der Waals surface area contributed by atoms with Crippen molar-refractivity contribution in [1.29, 1.82) is 0 Å². The van der Waals surface area contributed by atoms with Gasteiger partial charge in [0.25, 0.3) is 5.91 Å². The van der Waals surface area contributed by atoms with Gasteiger partial charge in [0, 0.05) is 12.1 Å². The highest BCUT2D eigenvalue weighted by atomic mass is 35.5. The number of halogens is 1. The van der Waals surface area contributed by atoms with Crippen LogP contribution < -0.4 is 11.1 Å². The number of ketones is 1. The van der Waals surface area contributed by atoms with Crippen molar-refractivity contribution < 1.29 is 9.59 Å². The van der Waals surface area contributed by atoms with Crippen LogP contribution in [0, 0.1) is 0 Å². The molecule has 0 heterocycles. The summed E-state index contributed by atoms with van der Waals surface area (Å²) in [6.07, 6.45) is 0.0791. The molecule has 0 radical (unpaired) electrons.